The van der Waals surface area contributed by atoms with Gasteiger partial charge in [0.15, 0.2) is 0 Å². The molecule has 1 N–H and O–H groups in total. The highest BCUT2D eigenvalue weighted by molar-refractivity contribution is 5.15. The number of rotatable bonds is 5. The highest BCUT2D eigenvalue weighted by Crippen LogP contribution is 2.28. The zero-order valence-corrected chi connectivity index (χ0v) is 11.1. The maximum Gasteiger partial charge on any atom is 0.123 e. The number of nitrogens with one attached hydrogen (secondary N) is 1. The summed E-state index contributed by atoms with van der Waals surface area (Å²) < 4.78 is 18.8. The third-order valence-electron chi connectivity index (χ3n) is 3.82. The highest BCUT2D eigenvalue weighted by Gasteiger charge is 2.32. The first-order chi connectivity index (χ1) is 9.31. The maximum atomic E-state index is 13.0. The average Bonchev–Trinajstić information content (AvgIpc) is 3.23. The van der Waals surface area contributed by atoms with E-state index in [0.29, 0.717) is 6.54 Å². The van der Waals surface area contributed by atoms with Crippen molar-refractivity contribution in [3.05, 3.63) is 35.6 Å². The van der Waals surface area contributed by atoms with Gasteiger partial charge in [-0.25, -0.2) is 4.39 Å². The van der Waals surface area contributed by atoms with E-state index in [1.54, 1.807) is 12.1 Å². The summed E-state index contributed by atoms with van der Waals surface area (Å²) >= 11 is 0. The quantitative estimate of drug-likeness (QED) is 0.877. The Balaban J connectivity index is 1.41. The first-order valence-corrected chi connectivity index (χ1v) is 7.12. The normalized spacial score (nSPS) is 24.6. The molecule has 0 bridgehead atoms. The van der Waals surface area contributed by atoms with E-state index in [0.717, 1.165) is 37.8 Å². The van der Waals surface area contributed by atoms with Gasteiger partial charge in [0.1, 0.15) is 5.82 Å². The van der Waals surface area contributed by atoms with Crippen LogP contribution in [0.3, 0.4) is 0 Å². The summed E-state index contributed by atoms with van der Waals surface area (Å²) in [4.78, 5) is 2.54. The van der Waals surface area contributed by atoms with Crippen LogP contribution in [0.5, 0.6) is 0 Å². The van der Waals surface area contributed by atoms with Gasteiger partial charge in [0.2, 0.25) is 0 Å². The van der Waals surface area contributed by atoms with Crippen LogP contribution in [0, 0.1) is 5.82 Å². The summed E-state index contributed by atoms with van der Waals surface area (Å²) in [7, 11) is 0. The monoisotopic (exact) mass is 264 g/mol. The summed E-state index contributed by atoms with van der Waals surface area (Å²) in [6, 6.07) is 7.55. The summed E-state index contributed by atoms with van der Waals surface area (Å²) in [5.41, 5.74) is 0.981. The van der Waals surface area contributed by atoms with Gasteiger partial charge < -0.3 is 10.1 Å². The van der Waals surface area contributed by atoms with E-state index in [-0.39, 0.29) is 11.9 Å². The van der Waals surface area contributed by atoms with Crippen LogP contribution in [0.2, 0.25) is 0 Å². The van der Waals surface area contributed by atoms with Crippen LogP contribution < -0.4 is 5.32 Å². The molecule has 1 aliphatic carbocycles. The van der Waals surface area contributed by atoms with Gasteiger partial charge in [0.25, 0.3) is 0 Å². The molecule has 4 heteroatoms. The second-order valence-corrected chi connectivity index (χ2v) is 5.48. The van der Waals surface area contributed by atoms with Crippen molar-refractivity contribution in [3.8, 4) is 0 Å². The van der Waals surface area contributed by atoms with Gasteiger partial charge in [-0.05, 0) is 30.5 Å². The highest BCUT2D eigenvalue weighted by atomic mass is 19.1. The van der Waals surface area contributed by atoms with Gasteiger partial charge in [0, 0.05) is 32.2 Å². The fourth-order valence-electron chi connectivity index (χ4n) is 2.66. The Morgan fingerprint density at radius 3 is 3.05 bits per heavy atom. The van der Waals surface area contributed by atoms with Crippen molar-refractivity contribution in [2.45, 2.75) is 31.5 Å². The molecule has 0 aromatic heterocycles. The summed E-state index contributed by atoms with van der Waals surface area (Å²) in [5, 5.41) is 3.36. The lowest BCUT2D eigenvalue weighted by atomic mass is 10.2. The molecule has 1 aromatic carbocycles. The lowest BCUT2D eigenvalue weighted by molar-refractivity contribution is -0.0301. The topological polar surface area (TPSA) is 24.5 Å². The molecule has 1 atom stereocenters. The molecule has 2 fully saturated rings. The molecule has 1 aromatic rings. The molecule has 0 spiro atoms. The smallest absolute Gasteiger partial charge is 0.123 e. The fraction of sp³-hybridized carbons (Fsp3) is 0.600. The Morgan fingerprint density at radius 2 is 2.26 bits per heavy atom. The Kier molecular flexibility index (Phi) is 4.11. The Morgan fingerprint density at radius 1 is 1.37 bits per heavy atom. The van der Waals surface area contributed by atoms with Crippen molar-refractivity contribution in [2.24, 2.45) is 0 Å². The lowest BCUT2D eigenvalue weighted by Crippen LogP contribution is -2.47. The number of benzene rings is 1. The van der Waals surface area contributed by atoms with Crippen molar-refractivity contribution >= 4 is 0 Å². The van der Waals surface area contributed by atoms with E-state index < -0.39 is 0 Å². The maximum absolute atomic E-state index is 13.0. The van der Waals surface area contributed by atoms with Gasteiger partial charge >= 0.3 is 0 Å². The van der Waals surface area contributed by atoms with Crippen molar-refractivity contribution in [1.82, 2.24) is 10.2 Å². The lowest BCUT2D eigenvalue weighted by Gasteiger charge is -2.33. The third-order valence-corrected chi connectivity index (χ3v) is 3.82. The van der Waals surface area contributed by atoms with E-state index >= 15 is 0 Å². The van der Waals surface area contributed by atoms with Crippen molar-refractivity contribution < 1.29 is 9.13 Å². The zero-order chi connectivity index (χ0) is 13.1. The predicted octanol–water partition coefficient (Wildman–Crippen LogP) is 1.78. The minimum Gasteiger partial charge on any atom is -0.374 e. The minimum absolute atomic E-state index is 0.173. The Bertz CT molecular complexity index is 422. The van der Waals surface area contributed by atoms with E-state index in [1.165, 1.54) is 18.9 Å². The van der Waals surface area contributed by atoms with Crippen LogP contribution in [-0.2, 0) is 11.3 Å². The molecule has 3 nitrogen and oxygen atoms in total. The number of hydrogen-bond acceptors (Lipinski definition) is 3. The number of hydrogen-bond donors (Lipinski definition) is 1. The molecule has 0 amide bonds. The average molecular weight is 264 g/mol. The standard InChI is InChI=1S/C15H21FN2O/c16-13-3-1-2-12(8-13)9-17-10-15-11-18(6-7-19-15)14-4-5-14/h1-3,8,14-15,17H,4-7,9-11H2. The van der Waals surface area contributed by atoms with Crippen molar-refractivity contribution in [2.75, 3.05) is 26.2 Å². The van der Waals surface area contributed by atoms with Crippen LogP contribution in [0.15, 0.2) is 24.3 Å². The molecular weight excluding hydrogens is 243 g/mol. The molecule has 1 saturated heterocycles. The second kappa shape index (κ2) is 5.99. The molecular formula is C15H21FN2O. The molecule has 3 rings (SSSR count). The Hall–Kier alpha value is -0.970. The third kappa shape index (κ3) is 3.75. The zero-order valence-electron chi connectivity index (χ0n) is 11.1. The molecule has 1 heterocycles. The first kappa shape index (κ1) is 13.0. The predicted molar refractivity (Wildman–Crippen MR) is 72.4 cm³/mol. The molecule has 2 aliphatic rings. The molecule has 0 radical (unpaired) electrons. The molecule has 19 heavy (non-hydrogen) atoms. The van der Waals surface area contributed by atoms with Gasteiger partial charge in [0.05, 0.1) is 12.7 Å². The van der Waals surface area contributed by atoms with Crippen LogP contribution in [0.1, 0.15) is 18.4 Å². The van der Waals surface area contributed by atoms with Crippen LogP contribution in [-0.4, -0.2) is 43.3 Å². The van der Waals surface area contributed by atoms with Crippen molar-refractivity contribution in [3.63, 3.8) is 0 Å². The molecule has 104 valence electrons. The first-order valence-electron chi connectivity index (χ1n) is 7.12. The number of ether oxygens (including phenoxy) is 1. The van der Waals surface area contributed by atoms with E-state index in [2.05, 4.69) is 10.2 Å². The van der Waals surface area contributed by atoms with Crippen LogP contribution >= 0.6 is 0 Å². The van der Waals surface area contributed by atoms with E-state index in [1.807, 2.05) is 6.07 Å². The van der Waals surface area contributed by atoms with Gasteiger partial charge in [-0.1, -0.05) is 12.1 Å². The fourth-order valence-corrected chi connectivity index (χ4v) is 2.66. The van der Waals surface area contributed by atoms with Gasteiger partial charge in [-0.2, -0.15) is 0 Å². The van der Waals surface area contributed by atoms with E-state index in [9.17, 15) is 4.39 Å². The largest absolute Gasteiger partial charge is 0.374 e. The number of morpholine rings is 1. The number of nitrogens with zero attached hydrogens (tertiary/aromatic N) is 1. The SMILES string of the molecule is Fc1cccc(CNCC2CN(C3CC3)CCO2)c1. The van der Waals surface area contributed by atoms with Gasteiger partial charge in [-0.3, -0.25) is 4.90 Å². The number of halogens is 1. The molecule has 1 aliphatic heterocycles. The second-order valence-electron chi connectivity index (χ2n) is 5.48. The Labute approximate surface area is 113 Å². The van der Waals surface area contributed by atoms with Crippen molar-refractivity contribution in [1.29, 1.82) is 0 Å². The van der Waals surface area contributed by atoms with Gasteiger partial charge in [-0.15, -0.1) is 0 Å². The summed E-state index contributed by atoms with van der Waals surface area (Å²) in [6.07, 6.45) is 2.97. The summed E-state index contributed by atoms with van der Waals surface area (Å²) in [5.74, 6) is -0.173. The molecule has 1 saturated carbocycles. The molecule has 1 unspecified atom stereocenters. The minimum atomic E-state index is -0.173. The van der Waals surface area contributed by atoms with Crippen LogP contribution in [0.25, 0.3) is 0 Å². The van der Waals surface area contributed by atoms with E-state index in [4.69, 9.17) is 4.74 Å². The summed E-state index contributed by atoms with van der Waals surface area (Å²) in [6.45, 7) is 4.47. The van der Waals surface area contributed by atoms with Crippen LogP contribution in [0.4, 0.5) is 4.39 Å².